The molecule has 3 atom stereocenters. The second-order valence-electron chi connectivity index (χ2n) is 6.15. The molecule has 5 heteroatoms. The molecule has 2 aliphatic heterocycles. The maximum absolute atomic E-state index is 13.0. The first-order valence-electron chi connectivity index (χ1n) is 8.17. The maximum atomic E-state index is 13.0. The van der Waals surface area contributed by atoms with Crippen LogP contribution in [-0.2, 0) is 0 Å². The summed E-state index contributed by atoms with van der Waals surface area (Å²) < 4.78 is 0. The Balaban J connectivity index is 1.71. The zero-order valence-corrected chi connectivity index (χ0v) is 14.3. The second kappa shape index (κ2) is 6.34. The molecule has 4 nitrogen and oxygen atoms in total. The molecule has 2 amide bonds. The van der Waals surface area contributed by atoms with Gasteiger partial charge in [-0.05, 0) is 25.1 Å². The summed E-state index contributed by atoms with van der Waals surface area (Å²) in [5.41, 5.74) is 2.97. The Kier molecular flexibility index (Phi) is 4.04. The van der Waals surface area contributed by atoms with E-state index in [0.29, 0.717) is 5.37 Å². The van der Waals surface area contributed by atoms with Gasteiger partial charge >= 0.3 is 6.03 Å². The number of quaternary nitrogens is 1. The lowest BCUT2D eigenvalue weighted by Gasteiger charge is -2.27. The third kappa shape index (κ3) is 2.70. The lowest BCUT2D eigenvalue weighted by molar-refractivity contribution is -0.783. The van der Waals surface area contributed by atoms with Crippen molar-refractivity contribution >= 4 is 34.9 Å². The largest absolute Gasteiger partial charge is 0.326 e. The minimum atomic E-state index is -0.0734. The van der Waals surface area contributed by atoms with Crippen LogP contribution in [0.2, 0.25) is 0 Å². The average Bonchev–Trinajstić information content (AvgIpc) is 3.00. The van der Waals surface area contributed by atoms with Crippen molar-refractivity contribution in [1.29, 1.82) is 0 Å². The van der Waals surface area contributed by atoms with E-state index < -0.39 is 0 Å². The van der Waals surface area contributed by atoms with Gasteiger partial charge < -0.3 is 5.32 Å². The van der Waals surface area contributed by atoms with Gasteiger partial charge in [0, 0.05) is 29.6 Å². The molecule has 0 aliphatic carbocycles. The van der Waals surface area contributed by atoms with Crippen molar-refractivity contribution in [2.45, 2.75) is 24.8 Å². The van der Waals surface area contributed by atoms with E-state index in [4.69, 9.17) is 0 Å². The summed E-state index contributed by atoms with van der Waals surface area (Å²) >= 11 is 1.85. The highest BCUT2D eigenvalue weighted by molar-refractivity contribution is 8.02. The molecule has 2 aromatic rings. The number of hydrogen-bond donors (Lipinski definition) is 2. The van der Waals surface area contributed by atoms with Crippen LogP contribution in [-0.4, -0.2) is 17.4 Å². The molecule has 0 saturated heterocycles. The predicted molar refractivity (Wildman–Crippen MR) is 99.6 cm³/mol. The van der Waals surface area contributed by atoms with E-state index in [-0.39, 0.29) is 12.1 Å². The summed E-state index contributed by atoms with van der Waals surface area (Å²) in [6.45, 7) is 2.13. The summed E-state index contributed by atoms with van der Waals surface area (Å²) in [6, 6.07) is 17.9. The molecule has 0 fully saturated rings. The molecular formula is C19H20N3OS+. The lowest BCUT2D eigenvalue weighted by atomic mass is 10.2. The summed E-state index contributed by atoms with van der Waals surface area (Å²) in [5.74, 6) is 0. The Morgan fingerprint density at radius 2 is 1.92 bits per heavy atom. The van der Waals surface area contributed by atoms with Gasteiger partial charge in [0.1, 0.15) is 17.3 Å². The molecule has 2 aromatic carbocycles. The van der Waals surface area contributed by atoms with Crippen molar-refractivity contribution in [1.82, 2.24) is 0 Å². The number of nitrogens with zero attached hydrogens (tertiary/aromatic N) is 1. The number of anilines is 2. The fourth-order valence-electron chi connectivity index (χ4n) is 3.43. The van der Waals surface area contributed by atoms with Gasteiger partial charge in [0.25, 0.3) is 0 Å². The van der Waals surface area contributed by atoms with Gasteiger partial charge in [0.15, 0.2) is 5.69 Å². The average molecular weight is 338 g/mol. The van der Waals surface area contributed by atoms with E-state index in [1.165, 1.54) is 4.90 Å². The van der Waals surface area contributed by atoms with Gasteiger partial charge in [-0.15, -0.1) is 0 Å². The van der Waals surface area contributed by atoms with Crippen molar-refractivity contribution in [2.75, 3.05) is 10.2 Å². The SMILES string of the molecule is CC1CC2SC=C[NH+]2c2ccccc2N1C(=O)Nc1ccccc1. The number of amides is 2. The molecule has 0 spiro atoms. The Morgan fingerprint density at radius 3 is 2.75 bits per heavy atom. The number of fused-ring (bicyclic) bond motifs is 3. The summed E-state index contributed by atoms with van der Waals surface area (Å²) in [6.07, 6.45) is 3.14. The first-order chi connectivity index (χ1) is 11.7. The summed E-state index contributed by atoms with van der Waals surface area (Å²) in [7, 11) is 0. The van der Waals surface area contributed by atoms with Crippen molar-refractivity contribution in [3.63, 3.8) is 0 Å². The molecule has 0 bridgehead atoms. The van der Waals surface area contributed by atoms with Crippen LogP contribution >= 0.6 is 11.8 Å². The van der Waals surface area contributed by atoms with Crippen LogP contribution in [0.4, 0.5) is 21.9 Å². The number of carbonyl (C=O) groups excluding carboxylic acids is 1. The third-order valence-corrected chi connectivity index (χ3v) is 5.62. The van der Waals surface area contributed by atoms with Crippen molar-refractivity contribution in [3.05, 3.63) is 66.2 Å². The van der Waals surface area contributed by atoms with Crippen LogP contribution in [0.3, 0.4) is 0 Å². The smallest absolute Gasteiger partial charge is 0.308 e. The van der Waals surface area contributed by atoms with Crippen LogP contribution in [0, 0.1) is 0 Å². The molecule has 0 radical (unpaired) electrons. The molecule has 2 aliphatic rings. The molecule has 2 heterocycles. The van der Waals surface area contributed by atoms with Crippen LogP contribution in [0.25, 0.3) is 0 Å². The Labute approximate surface area is 146 Å². The number of urea groups is 1. The highest BCUT2D eigenvalue weighted by atomic mass is 32.2. The number of carbonyl (C=O) groups is 1. The van der Waals surface area contributed by atoms with E-state index in [1.54, 1.807) is 0 Å². The highest BCUT2D eigenvalue weighted by Gasteiger charge is 2.39. The first-order valence-corrected chi connectivity index (χ1v) is 9.12. The molecular weight excluding hydrogens is 318 g/mol. The van der Waals surface area contributed by atoms with Gasteiger partial charge in [-0.1, -0.05) is 42.1 Å². The highest BCUT2D eigenvalue weighted by Crippen LogP contribution is 2.33. The molecule has 4 rings (SSSR count). The molecule has 24 heavy (non-hydrogen) atoms. The van der Waals surface area contributed by atoms with Crippen molar-refractivity contribution < 1.29 is 9.69 Å². The van der Waals surface area contributed by atoms with E-state index >= 15 is 0 Å². The minimum absolute atomic E-state index is 0.0734. The summed E-state index contributed by atoms with van der Waals surface area (Å²) in [4.78, 5) is 16.2. The number of para-hydroxylation sites is 3. The summed E-state index contributed by atoms with van der Waals surface area (Å²) in [5, 5.41) is 5.63. The van der Waals surface area contributed by atoms with Gasteiger partial charge in [-0.25, -0.2) is 4.79 Å². The van der Waals surface area contributed by atoms with E-state index in [2.05, 4.69) is 29.9 Å². The van der Waals surface area contributed by atoms with Gasteiger partial charge in [0.2, 0.25) is 0 Å². The van der Waals surface area contributed by atoms with Crippen LogP contribution in [0.5, 0.6) is 0 Å². The van der Waals surface area contributed by atoms with Crippen LogP contribution in [0.1, 0.15) is 13.3 Å². The first kappa shape index (κ1) is 15.3. The van der Waals surface area contributed by atoms with Crippen molar-refractivity contribution in [3.8, 4) is 0 Å². The van der Waals surface area contributed by atoms with E-state index in [1.807, 2.05) is 65.2 Å². The van der Waals surface area contributed by atoms with Crippen LogP contribution < -0.4 is 15.1 Å². The third-order valence-electron chi connectivity index (χ3n) is 4.55. The quantitative estimate of drug-likeness (QED) is 0.834. The number of hydrogen-bond acceptors (Lipinski definition) is 2. The molecule has 3 unspecified atom stereocenters. The number of rotatable bonds is 1. The van der Waals surface area contributed by atoms with Gasteiger partial charge in [0.05, 0.1) is 0 Å². The van der Waals surface area contributed by atoms with E-state index in [9.17, 15) is 4.79 Å². The minimum Gasteiger partial charge on any atom is -0.308 e. The predicted octanol–water partition coefficient (Wildman–Crippen LogP) is 3.58. The lowest BCUT2D eigenvalue weighted by Crippen LogP contribution is -3.04. The Bertz CT molecular complexity index is 777. The molecule has 0 saturated carbocycles. The van der Waals surface area contributed by atoms with Gasteiger partial charge in [-0.2, -0.15) is 0 Å². The topological polar surface area (TPSA) is 36.8 Å². The monoisotopic (exact) mass is 338 g/mol. The van der Waals surface area contributed by atoms with Crippen LogP contribution in [0.15, 0.2) is 66.2 Å². The zero-order valence-electron chi connectivity index (χ0n) is 13.5. The fraction of sp³-hybridized carbons (Fsp3) is 0.211. The Hall–Kier alpha value is -2.24. The fourth-order valence-corrected chi connectivity index (χ4v) is 4.59. The normalized spacial score (nSPS) is 24.9. The standard InChI is InChI=1S/C19H19N3OS/c1-14-13-18-21(11-12-24-18)16-9-5-6-10-17(16)22(14)19(23)20-15-7-3-2-4-8-15/h2-12,14,18H,13H2,1H3,(H,20,23)/p+1. The Morgan fingerprint density at radius 1 is 1.17 bits per heavy atom. The van der Waals surface area contributed by atoms with E-state index in [0.717, 1.165) is 23.5 Å². The second-order valence-corrected chi connectivity index (χ2v) is 7.26. The number of thioether (sulfide) groups is 1. The van der Waals surface area contributed by atoms with Crippen molar-refractivity contribution in [2.24, 2.45) is 0 Å². The zero-order chi connectivity index (χ0) is 16.5. The number of nitrogens with one attached hydrogen (secondary N) is 2. The molecule has 2 N–H and O–H groups in total. The maximum Gasteiger partial charge on any atom is 0.326 e. The molecule has 122 valence electrons. The van der Waals surface area contributed by atoms with Gasteiger partial charge in [-0.3, -0.25) is 9.80 Å². The molecule has 0 aromatic heterocycles. The number of benzene rings is 2.